The van der Waals surface area contributed by atoms with Crippen molar-refractivity contribution in [3.05, 3.63) is 29.1 Å². The Hall–Kier alpha value is -2.15. The van der Waals surface area contributed by atoms with E-state index < -0.39 is 23.7 Å². The van der Waals surface area contributed by atoms with Gasteiger partial charge in [0.25, 0.3) is 5.91 Å². The minimum atomic E-state index is -1.51. The predicted molar refractivity (Wildman–Crippen MR) is 63.1 cm³/mol. The van der Waals surface area contributed by atoms with Crippen LogP contribution in [0.4, 0.5) is 10.1 Å². The molecule has 1 unspecified atom stereocenters. The molecule has 0 saturated heterocycles. The van der Waals surface area contributed by atoms with Gasteiger partial charge in [0.05, 0.1) is 12.1 Å². The topological polar surface area (TPSA) is 118 Å². The Morgan fingerprint density at radius 2 is 2.11 bits per heavy atom. The fraction of sp³-hybridized carbons (Fsp3) is 0.273. The lowest BCUT2D eigenvalue weighted by Crippen LogP contribution is -2.40. The molecule has 0 heterocycles. The molecule has 0 aromatic heterocycles. The van der Waals surface area contributed by atoms with Crippen LogP contribution in [-0.4, -0.2) is 29.6 Å². The Morgan fingerprint density at radius 3 is 2.67 bits per heavy atom. The van der Waals surface area contributed by atoms with Crippen LogP contribution in [0.25, 0.3) is 0 Å². The number of aliphatic hydroxyl groups excluding tert-OH is 1. The van der Waals surface area contributed by atoms with Crippen LogP contribution in [0.2, 0.25) is 0 Å². The van der Waals surface area contributed by atoms with Crippen molar-refractivity contribution in [3.8, 4) is 0 Å². The van der Waals surface area contributed by atoms with Crippen LogP contribution in [0.3, 0.4) is 0 Å². The van der Waals surface area contributed by atoms with Crippen molar-refractivity contribution in [3.63, 3.8) is 0 Å². The van der Waals surface area contributed by atoms with E-state index in [0.29, 0.717) is 0 Å². The van der Waals surface area contributed by atoms with Gasteiger partial charge in [-0.1, -0.05) is 0 Å². The summed E-state index contributed by atoms with van der Waals surface area (Å²) in [7, 11) is 0. The number of nitrogens with one attached hydrogen (secondary N) is 1. The lowest BCUT2D eigenvalue weighted by Gasteiger charge is -2.10. The van der Waals surface area contributed by atoms with Crippen molar-refractivity contribution in [2.24, 2.45) is 5.73 Å². The van der Waals surface area contributed by atoms with Crippen LogP contribution < -0.4 is 16.8 Å². The lowest BCUT2D eigenvalue weighted by atomic mass is 10.1. The number of amides is 2. The van der Waals surface area contributed by atoms with Gasteiger partial charge in [-0.15, -0.1) is 0 Å². The predicted octanol–water partition coefficient (Wildman–Crippen LogP) is -0.708. The van der Waals surface area contributed by atoms with E-state index in [2.05, 4.69) is 5.32 Å². The summed E-state index contributed by atoms with van der Waals surface area (Å²) in [5, 5.41) is 11.3. The van der Waals surface area contributed by atoms with E-state index in [1.165, 1.54) is 19.1 Å². The normalized spacial score (nSPS) is 11.9. The van der Waals surface area contributed by atoms with Crippen LogP contribution in [0, 0.1) is 12.7 Å². The van der Waals surface area contributed by atoms with E-state index >= 15 is 0 Å². The van der Waals surface area contributed by atoms with E-state index in [4.69, 9.17) is 16.6 Å². The number of aliphatic hydroxyl groups is 1. The molecule has 98 valence electrons. The third kappa shape index (κ3) is 3.17. The number of benzene rings is 1. The largest absolute Gasteiger partial charge is 0.399 e. The van der Waals surface area contributed by atoms with Gasteiger partial charge in [0, 0.05) is 5.69 Å². The second kappa shape index (κ2) is 5.46. The number of nitrogens with two attached hydrogens (primary N) is 2. The molecule has 6 nitrogen and oxygen atoms in total. The lowest BCUT2D eigenvalue weighted by molar-refractivity contribution is -0.125. The first-order valence-electron chi connectivity index (χ1n) is 5.14. The quantitative estimate of drug-likeness (QED) is 0.531. The SMILES string of the molecule is Cc1cc(N)cc(C(=O)NCC(O)C(N)=O)c1F. The van der Waals surface area contributed by atoms with Crippen LogP contribution in [0.1, 0.15) is 15.9 Å². The highest BCUT2D eigenvalue weighted by Crippen LogP contribution is 2.16. The third-order valence-corrected chi connectivity index (χ3v) is 2.31. The van der Waals surface area contributed by atoms with Gasteiger partial charge in [-0.3, -0.25) is 9.59 Å². The molecule has 0 bridgehead atoms. The summed E-state index contributed by atoms with van der Waals surface area (Å²) in [6, 6.07) is 2.57. The van der Waals surface area contributed by atoms with Gasteiger partial charge in [0.15, 0.2) is 0 Å². The van der Waals surface area contributed by atoms with Gasteiger partial charge in [-0.25, -0.2) is 4.39 Å². The molecule has 6 N–H and O–H groups in total. The van der Waals surface area contributed by atoms with Crippen molar-refractivity contribution in [1.29, 1.82) is 0 Å². The molecular formula is C11H14FN3O3. The highest BCUT2D eigenvalue weighted by atomic mass is 19.1. The summed E-state index contributed by atoms with van der Waals surface area (Å²) in [6.07, 6.45) is -1.51. The first-order chi connectivity index (χ1) is 8.32. The van der Waals surface area contributed by atoms with Gasteiger partial charge >= 0.3 is 0 Å². The number of hydrogen-bond donors (Lipinski definition) is 4. The Kier molecular flexibility index (Phi) is 4.22. The van der Waals surface area contributed by atoms with E-state index in [9.17, 15) is 14.0 Å². The molecule has 2 amide bonds. The number of primary amides is 1. The molecule has 0 aliphatic carbocycles. The molecule has 0 aliphatic rings. The van der Waals surface area contributed by atoms with Gasteiger partial charge in [-0.05, 0) is 24.6 Å². The highest BCUT2D eigenvalue weighted by molar-refractivity contribution is 5.96. The van der Waals surface area contributed by atoms with E-state index in [1.807, 2.05) is 0 Å². The average Bonchev–Trinajstić information content (AvgIpc) is 2.29. The number of carbonyl (C=O) groups excluding carboxylic acids is 2. The zero-order chi connectivity index (χ0) is 13.9. The summed E-state index contributed by atoms with van der Waals surface area (Å²) in [4.78, 5) is 22.2. The summed E-state index contributed by atoms with van der Waals surface area (Å²) in [6.45, 7) is 1.09. The number of nitrogen functional groups attached to an aromatic ring is 1. The molecule has 7 heteroatoms. The standard InChI is InChI=1S/C11H14FN3O3/c1-5-2-6(13)3-7(9(5)12)11(18)15-4-8(16)10(14)17/h2-3,8,16H,4,13H2,1H3,(H2,14,17)(H,15,18). The maximum absolute atomic E-state index is 13.6. The summed E-state index contributed by atoms with van der Waals surface area (Å²) < 4.78 is 13.6. The van der Waals surface area contributed by atoms with Gasteiger partial charge < -0.3 is 21.9 Å². The second-order valence-corrected chi connectivity index (χ2v) is 3.83. The van der Waals surface area contributed by atoms with Gasteiger partial charge in [0.2, 0.25) is 5.91 Å². The van der Waals surface area contributed by atoms with Crippen LogP contribution >= 0.6 is 0 Å². The van der Waals surface area contributed by atoms with Crippen molar-refractivity contribution in [2.45, 2.75) is 13.0 Å². The first-order valence-corrected chi connectivity index (χ1v) is 5.14. The third-order valence-electron chi connectivity index (χ3n) is 2.31. The number of anilines is 1. The molecular weight excluding hydrogens is 241 g/mol. The van der Waals surface area contributed by atoms with Crippen molar-refractivity contribution >= 4 is 17.5 Å². The van der Waals surface area contributed by atoms with E-state index in [1.54, 1.807) is 0 Å². The number of halogens is 1. The summed E-state index contributed by atoms with van der Waals surface area (Å²) in [5.41, 5.74) is 10.5. The molecule has 1 atom stereocenters. The van der Waals surface area contributed by atoms with Crippen LogP contribution in [-0.2, 0) is 4.79 Å². The minimum absolute atomic E-state index is 0.232. The summed E-state index contributed by atoms with van der Waals surface area (Å²) >= 11 is 0. The first kappa shape index (κ1) is 13.9. The molecule has 0 saturated carbocycles. The zero-order valence-corrected chi connectivity index (χ0v) is 9.74. The van der Waals surface area contributed by atoms with Gasteiger partial charge in [0.1, 0.15) is 11.9 Å². The van der Waals surface area contributed by atoms with Crippen molar-refractivity contribution in [2.75, 3.05) is 12.3 Å². The highest BCUT2D eigenvalue weighted by Gasteiger charge is 2.17. The fourth-order valence-corrected chi connectivity index (χ4v) is 1.35. The fourth-order valence-electron chi connectivity index (χ4n) is 1.35. The average molecular weight is 255 g/mol. The molecule has 0 fully saturated rings. The number of aryl methyl sites for hydroxylation is 1. The maximum Gasteiger partial charge on any atom is 0.254 e. The van der Waals surface area contributed by atoms with Crippen molar-refractivity contribution in [1.82, 2.24) is 5.32 Å². The number of rotatable bonds is 4. The van der Waals surface area contributed by atoms with Crippen LogP contribution in [0.5, 0.6) is 0 Å². The van der Waals surface area contributed by atoms with Crippen LogP contribution in [0.15, 0.2) is 12.1 Å². The Balaban J connectivity index is 2.82. The number of hydrogen-bond acceptors (Lipinski definition) is 4. The Labute approximate surface area is 103 Å². The zero-order valence-electron chi connectivity index (χ0n) is 9.74. The molecule has 1 rings (SSSR count). The minimum Gasteiger partial charge on any atom is -0.399 e. The van der Waals surface area contributed by atoms with E-state index in [0.717, 1.165) is 0 Å². The van der Waals surface area contributed by atoms with E-state index in [-0.39, 0.29) is 23.4 Å². The molecule has 18 heavy (non-hydrogen) atoms. The molecule has 0 aliphatic heterocycles. The summed E-state index contributed by atoms with van der Waals surface area (Å²) in [5.74, 6) is -2.45. The molecule has 1 aromatic rings. The smallest absolute Gasteiger partial charge is 0.254 e. The Morgan fingerprint density at radius 1 is 1.50 bits per heavy atom. The maximum atomic E-state index is 13.6. The molecule has 0 spiro atoms. The molecule has 0 radical (unpaired) electrons. The Bertz CT molecular complexity index is 491. The monoisotopic (exact) mass is 255 g/mol. The second-order valence-electron chi connectivity index (χ2n) is 3.83. The van der Waals surface area contributed by atoms with Gasteiger partial charge in [-0.2, -0.15) is 0 Å². The van der Waals surface area contributed by atoms with Crippen molar-refractivity contribution < 1.29 is 19.1 Å². The number of carbonyl (C=O) groups is 2. The molecule has 1 aromatic carbocycles.